The Balaban J connectivity index is 4.75. The summed E-state index contributed by atoms with van der Waals surface area (Å²) in [5.74, 6) is -0.998. The number of nitrogens with zero attached hydrogens (tertiary/aromatic N) is 1. The van der Waals surface area contributed by atoms with Crippen LogP contribution in [0.25, 0.3) is 0 Å². The topological polar surface area (TPSA) is 92.8 Å². The van der Waals surface area contributed by atoms with Gasteiger partial charge in [-0.25, -0.2) is 13.1 Å². The van der Waals surface area contributed by atoms with E-state index >= 15 is 0 Å². The highest BCUT2D eigenvalue weighted by Gasteiger charge is 2.25. The van der Waals surface area contributed by atoms with Crippen LogP contribution in [0.1, 0.15) is 33.6 Å². The lowest BCUT2D eigenvalue weighted by molar-refractivity contribution is -0.147. The van der Waals surface area contributed by atoms with Gasteiger partial charge >= 0.3 is 5.97 Å². The molecule has 0 aliphatic heterocycles. The van der Waals surface area contributed by atoms with Gasteiger partial charge in [-0.15, -0.1) is 0 Å². The van der Waals surface area contributed by atoms with Crippen LogP contribution in [-0.2, 0) is 24.3 Å². The molecule has 7 nitrogen and oxygen atoms in total. The number of methoxy groups -OCH3 is 1. The second kappa shape index (κ2) is 8.91. The summed E-state index contributed by atoms with van der Waals surface area (Å²) < 4.78 is 30.1. The molecule has 0 saturated carbocycles. The SMILES string of the molecule is CCCN(CC(=O)OC)C(=O)C(C)NS(=O)(=O)CCC. The fourth-order valence-electron chi connectivity index (χ4n) is 1.68. The summed E-state index contributed by atoms with van der Waals surface area (Å²) in [5, 5.41) is 0. The smallest absolute Gasteiger partial charge is 0.325 e. The third kappa shape index (κ3) is 6.85. The minimum absolute atomic E-state index is 0.0323. The Bertz CT molecular complexity index is 422. The van der Waals surface area contributed by atoms with Crippen molar-refractivity contribution in [1.29, 1.82) is 0 Å². The summed E-state index contributed by atoms with van der Waals surface area (Å²) >= 11 is 0. The maximum absolute atomic E-state index is 12.2. The Labute approximate surface area is 120 Å². The average Bonchev–Trinajstić information content (AvgIpc) is 2.36. The van der Waals surface area contributed by atoms with Crippen molar-refractivity contribution in [1.82, 2.24) is 9.62 Å². The minimum atomic E-state index is -3.47. The predicted molar refractivity (Wildman–Crippen MR) is 75.6 cm³/mol. The maximum Gasteiger partial charge on any atom is 0.325 e. The molecule has 1 unspecified atom stereocenters. The van der Waals surface area contributed by atoms with E-state index in [0.29, 0.717) is 19.4 Å². The summed E-state index contributed by atoms with van der Waals surface area (Å²) in [5.41, 5.74) is 0. The molecule has 0 spiro atoms. The molecule has 0 radical (unpaired) electrons. The first-order valence-corrected chi connectivity index (χ1v) is 8.28. The van der Waals surface area contributed by atoms with E-state index in [9.17, 15) is 18.0 Å². The molecule has 1 amide bonds. The maximum atomic E-state index is 12.2. The first-order chi connectivity index (χ1) is 9.27. The first kappa shape index (κ1) is 18.9. The molecule has 8 heteroatoms. The Morgan fingerprint density at radius 3 is 2.30 bits per heavy atom. The third-order valence-electron chi connectivity index (χ3n) is 2.55. The number of carbonyl (C=O) groups is 2. The zero-order chi connectivity index (χ0) is 15.8. The van der Waals surface area contributed by atoms with Crippen molar-refractivity contribution in [2.45, 2.75) is 39.7 Å². The molecule has 20 heavy (non-hydrogen) atoms. The highest BCUT2D eigenvalue weighted by atomic mass is 32.2. The van der Waals surface area contributed by atoms with Crippen LogP contribution in [0.15, 0.2) is 0 Å². The van der Waals surface area contributed by atoms with Crippen LogP contribution in [0, 0.1) is 0 Å². The Kier molecular flexibility index (Phi) is 8.40. The van der Waals surface area contributed by atoms with E-state index in [0.717, 1.165) is 0 Å². The Morgan fingerprint density at radius 1 is 1.25 bits per heavy atom. The van der Waals surface area contributed by atoms with Crippen LogP contribution >= 0.6 is 0 Å². The molecule has 0 saturated heterocycles. The van der Waals surface area contributed by atoms with Gasteiger partial charge in [0.15, 0.2) is 0 Å². The normalized spacial score (nSPS) is 12.8. The summed E-state index contributed by atoms with van der Waals surface area (Å²) in [4.78, 5) is 24.7. The van der Waals surface area contributed by atoms with E-state index in [1.54, 1.807) is 6.92 Å². The molecule has 0 heterocycles. The lowest BCUT2D eigenvalue weighted by Gasteiger charge is -2.24. The van der Waals surface area contributed by atoms with Crippen LogP contribution < -0.4 is 4.72 Å². The third-order valence-corrected chi connectivity index (χ3v) is 4.21. The predicted octanol–water partition coefficient (Wildman–Crippen LogP) is 0.116. The molecule has 0 aromatic rings. The molecular formula is C12H24N2O5S. The number of carbonyl (C=O) groups excluding carboxylic acids is 2. The van der Waals surface area contributed by atoms with Crippen molar-refractivity contribution < 1.29 is 22.7 Å². The van der Waals surface area contributed by atoms with Gasteiger partial charge < -0.3 is 9.64 Å². The molecule has 1 atom stereocenters. The van der Waals surface area contributed by atoms with E-state index < -0.39 is 27.9 Å². The standard InChI is InChI=1S/C12H24N2O5S/c1-5-7-14(9-11(15)19-4)12(16)10(3)13-20(17,18)8-6-2/h10,13H,5-9H2,1-4H3. The van der Waals surface area contributed by atoms with Gasteiger partial charge in [0.25, 0.3) is 0 Å². The summed E-state index contributed by atoms with van der Waals surface area (Å²) in [6.45, 7) is 5.27. The van der Waals surface area contributed by atoms with Gasteiger partial charge in [0.05, 0.1) is 18.9 Å². The largest absolute Gasteiger partial charge is 0.468 e. The lowest BCUT2D eigenvalue weighted by atomic mass is 10.3. The fourth-order valence-corrected chi connectivity index (χ4v) is 2.97. The van der Waals surface area contributed by atoms with E-state index in [4.69, 9.17) is 0 Å². The van der Waals surface area contributed by atoms with Crippen LogP contribution in [0.3, 0.4) is 0 Å². The van der Waals surface area contributed by atoms with Crippen molar-refractivity contribution in [3.63, 3.8) is 0 Å². The lowest BCUT2D eigenvalue weighted by Crippen LogP contribution is -2.49. The molecular weight excluding hydrogens is 284 g/mol. The molecule has 0 aromatic heterocycles. The van der Waals surface area contributed by atoms with Crippen LogP contribution in [0.5, 0.6) is 0 Å². The number of esters is 1. The average molecular weight is 308 g/mol. The summed E-state index contributed by atoms with van der Waals surface area (Å²) in [6, 6.07) is -0.900. The number of rotatable bonds is 9. The molecule has 0 bridgehead atoms. The number of nitrogens with one attached hydrogen (secondary N) is 1. The molecule has 0 rings (SSSR count). The summed E-state index contributed by atoms with van der Waals surface area (Å²) in [6.07, 6.45) is 1.13. The zero-order valence-corrected chi connectivity index (χ0v) is 13.3. The number of ether oxygens (including phenoxy) is 1. The van der Waals surface area contributed by atoms with Crippen LogP contribution in [-0.4, -0.2) is 57.2 Å². The number of sulfonamides is 1. The van der Waals surface area contributed by atoms with Crippen molar-refractivity contribution in [3.05, 3.63) is 0 Å². The van der Waals surface area contributed by atoms with Crippen molar-refractivity contribution >= 4 is 21.9 Å². The summed E-state index contributed by atoms with van der Waals surface area (Å²) in [7, 11) is -2.23. The van der Waals surface area contributed by atoms with Gasteiger partial charge in [0, 0.05) is 6.54 Å². The molecule has 0 aromatic carbocycles. The van der Waals surface area contributed by atoms with E-state index in [-0.39, 0.29) is 12.3 Å². The fraction of sp³-hybridized carbons (Fsp3) is 0.833. The molecule has 0 aliphatic carbocycles. The van der Waals surface area contributed by atoms with Gasteiger partial charge in [-0.1, -0.05) is 13.8 Å². The highest BCUT2D eigenvalue weighted by molar-refractivity contribution is 7.89. The Morgan fingerprint density at radius 2 is 1.85 bits per heavy atom. The van der Waals surface area contributed by atoms with E-state index in [2.05, 4.69) is 9.46 Å². The van der Waals surface area contributed by atoms with Gasteiger partial charge in [0.1, 0.15) is 6.54 Å². The molecule has 0 fully saturated rings. The monoisotopic (exact) mass is 308 g/mol. The van der Waals surface area contributed by atoms with Crippen LogP contribution in [0.2, 0.25) is 0 Å². The number of amides is 1. The van der Waals surface area contributed by atoms with E-state index in [1.165, 1.54) is 18.9 Å². The van der Waals surface area contributed by atoms with Crippen molar-refractivity contribution in [2.75, 3.05) is 26.0 Å². The quantitative estimate of drug-likeness (QED) is 0.611. The second-order valence-electron chi connectivity index (χ2n) is 4.49. The van der Waals surface area contributed by atoms with Gasteiger partial charge in [-0.05, 0) is 19.8 Å². The molecule has 0 aliphatic rings. The Hall–Kier alpha value is -1.15. The first-order valence-electron chi connectivity index (χ1n) is 6.63. The van der Waals surface area contributed by atoms with Crippen molar-refractivity contribution in [3.8, 4) is 0 Å². The van der Waals surface area contributed by atoms with Gasteiger partial charge in [-0.2, -0.15) is 0 Å². The zero-order valence-electron chi connectivity index (χ0n) is 12.5. The highest BCUT2D eigenvalue weighted by Crippen LogP contribution is 2.01. The number of hydrogen-bond donors (Lipinski definition) is 1. The molecule has 1 N–H and O–H groups in total. The second-order valence-corrected chi connectivity index (χ2v) is 6.37. The van der Waals surface area contributed by atoms with Crippen molar-refractivity contribution in [2.24, 2.45) is 0 Å². The van der Waals surface area contributed by atoms with E-state index in [1.807, 2.05) is 6.92 Å². The minimum Gasteiger partial charge on any atom is -0.468 e. The van der Waals surface area contributed by atoms with Gasteiger partial charge in [-0.3, -0.25) is 9.59 Å². The molecule has 118 valence electrons. The van der Waals surface area contributed by atoms with Gasteiger partial charge in [0.2, 0.25) is 15.9 Å². The van der Waals surface area contributed by atoms with Crippen LogP contribution in [0.4, 0.5) is 0 Å². The number of hydrogen-bond acceptors (Lipinski definition) is 5.